The molecule has 0 radical (unpaired) electrons. The van der Waals surface area contributed by atoms with Gasteiger partial charge < -0.3 is 9.42 Å². The Hall–Kier alpha value is -2.30. The van der Waals surface area contributed by atoms with Crippen LogP contribution in [0.25, 0.3) is 11.4 Å². The van der Waals surface area contributed by atoms with Gasteiger partial charge in [-0.3, -0.25) is 9.69 Å². The Morgan fingerprint density at radius 3 is 2.53 bits per heavy atom. The predicted molar refractivity (Wildman–Crippen MR) is 129 cm³/mol. The first-order valence-electron chi connectivity index (χ1n) is 12.2. The maximum atomic E-state index is 13.2. The van der Waals surface area contributed by atoms with Crippen LogP contribution in [0.5, 0.6) is 0 Å². The zero-order valence-corrected chi connectivity index (χ0v) is 21.1. The first-order valence-corrected chi connectivity index (χ1v) is 13.8. The number of benzene rings is 1. The Kier molecular flexibility index (Phi) is 7.69. The first-order chi connectivity index (χ1) is 16.3. The lowest BCUT2D eigenvalue weighted by Gasteiger charge is -2.39. The lowest BCUT2D eigenvalue weighted by atomic mass is 9.97. The minimum absolute atomic E-state index is 0.0479. The summed E-state index contributed by atoms with van der Waals surface area (Å²) in [4.78, 5) is 21.9. The van der Waals surface area contributed by atoms with Gasteiger partial charge in [-0.25, -0.2) is 12.7 Å². The first kappa shape index (κ1) is 24.8. The summed E-state index contributed by atoms with van der Waals surface area (Å²) in [7, 11) is -3.27. The molecule has 186 valence electrons. The second-order valence-corrected chi connectivity index (χ2v) is 11.5. The van der Waals surface area contributed by atoms with E-state index in [1.165, 1.54) is 9.87 Å². The number of hydrogen-bond donors (Lipinski definition) is 0. The average Bonchev–Trinajstić information content (AvgIpc) is 3.34. The van der Waals surface area contributed by atoms with Crippen molar-refractivity contribution >= 4 is 15.9 Å². The van der Waals surface area contributed by atoms with Crippen molar-refractivity contribution in [3.8, 4) is 11.4 Å². The Labute approximate surface area is 202 Å². The number of piperidine rings is 1. The van der Waals surface area contributed by atoms with Crippen LogP contribution in [0.4, 0.5) is 0 Å². The number of carbonyl (C=O) groups excluding carboxylic acids is 1. The molecule has 1 aromatic heterocycles. The Morgan fingerprint density at radius 2 is 1.85 bits per heavy atom. The summed E-state index contributed by atoms with van der Waals surface area (Å²) in [5.41, 5.74) is 2.10. The van der Waals surface area contributed by atoms with Crippen molar-refractivity contribution in [3.63, 3.8) is 0 Å². The fraction of sp³-hybridized carbons (Fsp3) is 0.625. The van der Waals surface area contributed by atoms with Gasteiger partial charge in [0.15, 0.2) is 0 Å². The number of aryl methyl sites for hydroxylation is 1. The molecule has 3 heterocycles. The molecule has 0 spiro atoms. The predicted octanol–water partition coefficient (Wildman–Crippen LogP) is 2.70. The topological polar surface area (TPSA) is 99.9 Å². The number of nitrogens with zero attached hydrogens (tertiary/aromatic N) is 5. The van der Waals surface area contributed by atoms with E-state index in [-0.39, 0.29) is 23.6 Å². The number of piperazine rings is 1. The second-order valence-electron chi connectivity index (χ2n) is 9.37. The number of hydrogen-bond acceptors (Lipinski definition) is 7. The molecule has 2 aliphatic rings. The third-order valence-corrected chi connectivity index (χ3v) is 8.91. The highest BCUT2D eigenvalue weighted by Crippen LogP contribution is 2.26. The number of carbonyl (C=O) groups is 1. The van der Waals surface area contributed by atoms with Crippen LogP contribution in [0, 0.1) is 12.8 Å². The van der Waals surface area contributed by atoms with Crippen LogP contribution in [0.15, 0.2) is 28.8 Å². The van der Waals surface area contributed by atoms with Crippen LogP contribution < -0.4 is 0 Å². The lowest BCUT2D eigenvalue weighted by Crippen LogP contribution is -2.53. The molecule has 0 bridgehead atoms. The monoisotopic (exact) mass is 489 g/mol. The van der Waals surface area contributed by atoms with E-state index < -0.39 is 10.0 Å². The molecule has 2 saturated heterocycles. The van der Waals surface area contributed by atoms with E-state index in [1.807, 2.05) is 49.9 Å². The standard InChI is InChI=1S/C24H35N5O4S/c1-4-16-34(31,32)29-11-5-6-21(17-29)24(30)28-14-12-27(13-15-28)19(3)23-25-22(26-33-23)20-9-7-18(2)8-10-20/h7-10,19,21H,4-6,11-17H2,1-3H3. The fourth-order valence-corrected chi connectivity index (χ4v) is 6.34. The number of rotatable bonds is 7. The average molecular weight is 490 g/mol. The SMILES string of the molecule is CCCS(=O)(=O)N1CCCC(C(=O)N2CCN(C(C)c3nc(-c4ccc(C)cc4)no3)CC2)C1. The Morgan fingerprint density at radius 1 is 1.15 bits per heavy atom. The highest BCUT2D eigenvalue weighted by molar-refractivity contribution is 7.89. The van der Waals surface area contributed by atoms with Gasteiger partial charge in [0, 0.05) is 44.8 Å². The molecule has 2 unspecified atom stereocenters. The van der Waals surface area contributed by atoms with E-state index in [9.17, 15) is 13.2 Å². The Bertz CT molecular complexity index is 1080. The third kappa shape index (κ3) is 5.50. The molecule has 0 N–H and O–H groups in total. The summed E-state index contributed by atoms with van der Waals surface area (Å²) in [6, 6.07) is 7.97. The highest BCUT2D eigenvalue weighted by atomic mass is 32.2. The molecule has 1 amide bonds. The van der Waals surface area contributed by atoms with E-state index in [2.05, 4.69) is 15.0 Å². The quantitative estimate of drug-likeness (QED) is 0.589. The zero-order valence-electron chi connectivity index (χ0n) is 20.3. The Balaban J connectivity index is 1.32. The molecule has 10 heteroatoms. The van der Waals surface area contributed by atoms with E-state index in [1.54, 1.807) is 0 Å². The molecular weight excluding hydrogens is 454 g/mol. The molecular formula is C24H35N5O4S. The van der Waals surface area contributed by atoms with Gasteiger partial charge in [0.25, 0.3) is 0 Å². The number of sulfonamides is 1. The fourth-order valence-electron chi connectivity index (χ4n) is 4.75. The van der Waals surface area contributed by atoms with E-state index in [4.69, 9.17) is 4.52 Å². The molecule has 1 aromatic carbocycles. The van der Waals surface area contributed by atoms with Crippen LogP contribution in [-0.2, 0) is 14.8 Å². The minimum atomic E-state index is -3.27. The minimum Gasteiger partial charge on any atom is -0.340 e. The van der Waals surface area contributed by atoms with Gasteiger partial charge in [-0.2, -0.15) is 4.98 Å². The smallest absolute Gasteiger partial charge is 0.244 e. The largest absolute Gasteiger partial charge is 0.340 e. The van der Waals surface area contributed by atoms with E-state index >= 15 is 0 Å². The molecule has 2 aliphatic heterocycles. The lowest BCUT2D eigenvalue weighted by molar-refractivity contribution is -0.138. The van der Waals surface area contributed by atoms with Gasteiger partial charge in [-0.1, -0.05) is 41.9 Å². The van der Waals surface area contributed by atoms with Crippen molar-refractivity contribution in [1.29, 1.82) is 0 Å². The molecule has 9 nitrogen and oxygen atoms in total. The van der Waals surface area contributed by atoms with Crippen molar-refractivity contribution in [2.24, 2.45) is 5.92 Å². The van der Waals surface area contributed by atoms with Crippen LogP contribution in [0.3, 0.4) is 0 Å². The molecule has 4 rings (SSSR count). The summed E-state index contributed by atoms with van der Waals surface area (Å²) in [6.07, 6.45) is 2.07. The normalized spacial score (nSPS) is 21.5. The molecule has 34 heavy (non-hydrogen) atoms. The van der Waals surface area contributed by atoms with Crippen LogP contribution in [0.2, 0.25) is 0 Å². The number of aromatic nitrogens is 2. The second kappa shape index (κ2) is 10.5. The summed E-state index contributed by atoms with van der Waals surface area (Å²) in [5, 5.41) is 4.15. The molecule has 0 aliphatic carbocycles. The van der Waals surface area contributed by atoms with E-state index in [0.717, 1.165) is 18.4 Å². The summed E-state index contributed by atoms with van der Waals surface area (Å²) in [6.45, 7) is 9.41. The van der Waals surface area contributed by atoms with Gasteiger partial charge in [0.1, 0.15) is 0 Å². The summed E-state index contributed by atoms with van der Waals surface area (Å²) in [5.74, 6) is 1.11. The molecule has 0 saturated carbocycles. The van der Waals surface area contributed by atoms with E-state index in [0.29, 0.717) is 57.4 Å². The maximum Gasteiger partial charge on any atom is 0.244 e. The third-order valence-electron chi connectivity index (χ3n) is 6.87. The summed E-state index contributed by atoms with van der Waals surface area (Å²) < 4.78 is 32.0. The van der Waals surface area contributed by atoms with Crippen molar-refractivity contribution < 1.29 is 17.7 Å². The van der Waals surface area contributed by atoms with Gasteiger partial charge in [-0.15, -0.1) is 0 Å². The molecule has 2 fully saturated rings. The van der Waals surface area contributed by atoms with Crippen molar-refractivity contribution in [2.45, 2.75) is 46.1 Å². The van der Waals surface area contributed by atoms with Crippen molar-refractivity contribution in [2.75, 3.05) is 45.0 Å². The maximum absolute atomic E-state index is 13.2. The van der Waals surface area contributed by atoms with Gasteiger partial charge >= 0.3 is 0 Å². The highest BCUT2D eigenvalue weighted by Gasteiger charge is 2.35. The van der Waals surface area contributed by atoms with Crippen LogP contribution in [0.1, 0.15) is 50.6 Å². The zero-order chi connectivity index (χ0) is 24.3. The van der Waals surface area contributed by atoms with Crippen molar-refractivity contribution in [3.05, 3.63) is 35.7 Å². The van der Waals surface area contributed by atoms with Gasteiger partial charge in [0.2, 0.25) is 27.6 Å². The van der Waals surface area contributed by atoms with Gasteiger partial charge in [-0.05, 0) is 33.1 Å². The van der Waals surface area contributed by atoms with Crippen LogP contribution in [-0.4, -0.2) is 83.6 Å². The van der Waals surface area contributed by atoms with Crippen LogP contribution >= 0.6 is 0 Å². The van der Waals surface area contributed by atoms with Crippen molar-refractivity contribution in [1.82, 2.24) is 24.2 Å². The van der Waals surface area contributed by atoms with Gasteiger partial charge in [0.05, 0.1) is 17.7 Å². The molecule has 2 aromatic rings. The summed E-state index contributed by atoms with van der Waals surface area (Å²) >= 11 is 0. The molecule has 2 atom stereocenters. The number of amides is 1.